The summed E-state index contributed by atoms with van der Waals surface area (Å²) in [6, 6.07) is 11.3. The van der Waals surface area contributed by atoms with Gasteiger partial charge < -0.3 is 19.1 Å². The molecular formula is C34H36F3NO5. The van der Waals surface area contributed by atoms with E-state index in [2.05, 4.69) is 23.5 Å². The predicted molar refractivity (Wildman–Crippen MR) is 161 cm³/mol. The summed E-state index contributed by atoms with van der Waals surface area (Å²) in [5.74, 6) is -0.358. The van der Waals surface area contributed by atoms with Gasteiger partial charge in [-0.2, -0.15) is 0 Å². The third-order valence-electron chi connectivity index (χ3n) is 7.13. The quantitative estimate of drug-likeness (QED) is 0.155. The van der Waals surface area contributed by atoms with Crippen molar-refractivity contribution in [3.63, 3.8) is 0 Å². The zero-order valence-corrected chi connectivity index (χ0v) is 24.8. The maximum absolute atomic E-state index is 12.6. The first-order valence-electron chi connectivity index (χ1n) is 13.6. The van der Waals surface area contributed by atoms with Gasteiger partial charge in [-0.05, 0) is 81.1 Å². The summed E-state index contributed by atoms with van der Waals surface area (Å²) in [7, 11) is 1.85. The van der Waals surface area contributed by atoms with Crippen LogP contribution in [-0.4, -0.2) is 33.9 Å². The van der Waals surface area contributed by atoms with Gasteiger partial charge in [0.1, 0.15) is 17.8 Å². The fourth-order valence-electron chi connectivity index (χ4n) is 4.70. The minimum absolute atomic E-state index is 0.276. The number of rotatable bonds is 9. The first-order valence-corrected chi connectivity index (χ1v) is 13.6. The van der Waals surface area contributed by atoms with Gasteiger partial charge in [0.05, 0.1) is 0 Å². The molecule has 1 aromatic heterocycles. The van der Waals surface area contributed by atoms with Crippen LogP contribution in [0.25, 0.3) is 10.9 Å². The zero-order chi connectivity index (χ0) is 31.9. The van der Waals surface area contributed by atoms with E-state index >= 15 is 0 Å². The molecule has 43 heavy (non-hydrogen) atoms. The average molecular weight is 596 g/mol. The molecule has 4 rings (SSSR count). The summed E-state index contributed by atoms with van der Waals surface area (Å²) in [5, 5.41) is 9.91. The van der Waals surface area contributed by atoms with Crippen molar-refractivity contribution in [3.8, 4) is 11.5 Å². The Morgan fingerprint density at radius 3 is 2.30 bits per heavy atom. The van der Waals surface area contributed by atoms with Gasteiger partial charge in [-0.3, -0.25) is 4.79 Å². The number of fused-ring (bicyclic) bond motifs is 1. The van der Waals surface area contributed by atoms with E-state index in [1.165, 1.54) is 26.0 Å². The number of allylic oxidation sites excluding steroid dienone is 7. The fourth-order valence-corrected chi connectivity index (χ4v) is 4.70. The lowest BCUT2D eigenvalue weighted by Gasteiger charge is -2.21. The monoisotopic (exact) mass is 595 g/mol. The summed E-state index contributed by atoms with van der Waals surface area (Å²) in [4.78, 5) is 21.7. The standard InChI is InChI=1S/C22H22F3NO4.C12H14O/c1-13-17(11-14-6-5-7-15(10-14)29-21(2,3)20(27)28)18-12-16(30-22(23,24)25)8-9-19(18)26(13)4;1-3-11-6-4-5-7-12(11)8-10(2)9-13/h5-10,12H,11H2,1-4H3,(H,27,28);3-9,11-12H,1H2,2H3/b;10-8+. The average Bonchev–Trinajstić information content (AvgIpc) is 3.16. The van der Waals surface area contributed by atoms with Crippen LogP contribution in [-0.2, 0) is 23.1 Å². The molecular weight excluding hydrogens is 559 g/mol. The van der Waals surface area contributed by atoms with Gasteiger partial charge in [-0.15, -0.1) is 19.8 Å². The number of carbonyl (C=O) groups is 2. The second-order valence-corrected chi connectivity index (χ2v) is 10.8. The third-order valence-corrected chi connectivity index (χ3v) is 7.13. The van der Waals surface area contributed by atoms with E-state index in [4.69, 9.17) is 4.74 Å². The summed E-state index contributed by atoms with van der Waals surface area (Å²) < 4.78 is 49.5. The van der Waals surface area contributed by atoms with Gasteiger partial charge in [0.15, 0.2) is 5.60 Å². The van der Waals surface area contributed by atoms with E-state index < -0.39 is 17.9 Å². The minimum Gasteiger partial charge on any atom is -0.478 e. The molecule has 1 aliphatic carbocycles. The van der Waals surface area contributed by atoms with Crippen LogP contribution in [0, 0.1) is 18.8 Å². The van der Waals surface area contributed by atoms with Crippen molar-refractivity contribution in [1.29, 1.82) is 0 Å². The number of carboxylic acids is 1. The molecule has 1 N–H and O–H groups in total. The largest absolute Gasteiger partial charge is 0.573 e. The summed E-state index contributed by atoms with van der Waals surface area (Å²) in [5.41, 5.74) is 2.78. The predicted octanol–water partition coefficient (Wildman–Crippen LogP) is 7.89. The highest BCUT2D eigenvalue weighted by atomic mass is 19.4. The number of aldehydes is 1. The Balaban J connectivity index is 0.000000326. The van der Waals surface area contributed by atoms with Crippen molar-refractivity contribution in [2.45, 2.75) is 46.1 Å². The highest BCUT2D eigenvalue weighted by Crippen LogP contribution is 2.33. The van der Waals surface area contributed by atoms with Crippen molar-refractivity contribution in [2.75, 3.05) is 0 Å². The third kappa shape index (κ3) is 8.73. The molecule has 1 aliphatic rings. The number of halogens is 3. The molecule has 2 aromatic carbocycles. The van der Waals surface area contributed by atoms with Crippen LogP contribution < -0.4 is 9.47 Å². The van der Waals surface area contributed by atoms with E-state index in [1.807, 2.05) is 55.8 Å². The highest BCUT2D eigenvalue weighted by molar-refractivity contribution is 5.87. The van der Waals surface area contributed by atoms with Crippen LogP contribution in [0.2, 0.25) is 0 Å². The topological polar surface area (TPSA) is 77.8 Å². The molecule has 9 heteroatoms. The van der Waals surface area contributed by atoms with Gasteiger partial charge in [0.25, 0.3) is 0 Å². The van der Waals surface area contributed by atoms with Crippen molar-refractivity contribution in [2.24, 2.45) is 18.9 Å². The van der Waals surface area contributed by atoms with E-state index in [9.17, 15) is 27.9 Å². The van der Waals surface area contributed by atoms with Crippen molar-refractivity contribution in [1.82, 2.24) is 4.57 Å². The van der Waals surface area contributed by atoms with Gasteiger partial charge in [0.2, 0.25) is 0 Å². The van der Waals surface area contributed by atoms with Crippen molar-refractivity contribution >= 4 is 23.2 Å². The molecule has 0 bridgehead atoms. The molecule has 6 nitrogen and oxygen atoms in total. The normalized spacial score (nSPS) is 16.8. The molecule has 0 aliphatic heterocycles. The number of carbonyl (C=O) groups excluding carboxylic acids is 1. The summed E-state index contributed by atoms with van der Waals surface area (Å²) >= 11 is 0. The molecule has 1 heterocycles. The number of ether oxygens (including phenoxy) is 2. The lowest BCUT2D eigenvalue weighted by Crippen LogP contribution is -2.37. The van der Waals surface area contributed by atoms with Crippen LogP contribution in [0.3, 0.4) is 0 Å². The molecule has 0 fully saturated rings. The number of hydrogen-bond donors (Lipinski definition) is 1. The van der Waals surface area contributed by atoms with E-state index in [-0.39, 0.29) is 11.7 Å². The van der Waals surface area contributed by atoms with Crippen molar-refractivity contribution in [3.05, 3.63) is 108 Å². The smallest absolute Gasteiger partial charge is 0.478 e. The number of nitrogens with zero attached hydrogens (tertiary/aromatic N) is 1. The van der Waals surface area contributed by atoms with Gasteiger partial charge in [-0.1, -0.05) is 48.6 Å². The number of aryl methyl sites for hydroxylation is 1. The lowest BCUT2D eigenvalue weighted by molar-refractivity contribution is -0.274. The highest BCUT2D eigenvalue weighted by Gasteiger charge is 2.31. The number of benzene rings is 2. The van der Waals surface area contributed by atoms with Crippen LogP contribution >= 0.6 is 0 Å². The van der Waals surface area contributed by atoms with Crippen LogP contribution in [0.4, 0.5) is 13.2 Å². The van der Waals surface area contributed by atoms with Crippen LogP contribution in [0.1, 0.15) is 37.6 Å². The van der Waals surface area contributed by atoms with E-state index in [1.54, 1.807) is 24.3 Å². The summed E-state index contributed by atoms with van der Waals surface area (Å²) in [6.07, 6.45) is 8.60. The Kier molecular flexibility index (Phi) is 10.5. The first kappa shape index (κ1) is 33.0. The van der Waals surface area contributed by atoms with Crippen molar-refractivity contribution < 1.29 is 37.3 Å². The molecule has 2 unspecified atom stereocenters. The maximum atomic E-state index is 12.6. The molecule has 0 saturated carbocycles. The molecule has 0 saturated heterocycles. The second kappa shape index (κ2) is 13.6. The zero-order valence-electron chi connectivity index (χ0n) is 24.8. The molecule has 3 aromatic rings. The number of aliphatic carboxylic acids is 1. The molecule has 0 spiro atoms. The van der Waals surface area contributed by atoms with Crippen LogP contribution in [0.15, 0.2) is 91.1 Å². The van der Waals surface area contributed by atoms with E-state index in [0.29, 0.717) is 23.5 Å². The minimum atomic E-state index is -4.76. The Hall–Kier alpha value is -4.53. The lowest BCUT2D eigenvalue weighted by atomic mass is 9.87. The SMILES string of the molecule is C=CC1C=CC=CC1/C=C(\C)C=O.Cc1c(Cc2cccc(OC(C)(C)C(=O)O)c2)c2cc(OC(F)(F)F)ccc2n1C. The fraction of sp³-hybridized carbons (Fsp3) is 0.294. The molecule has 2 atom stereocenters. The summed E-state index contributed by atoms with van der Waals surface area (Å²) in [6.45, 7) is 10.4. The number of carboxylic acid groups (broad SMARTS) is 1. The number of alkyl halides is 3. The second-order valence-electron chi connectivity index (χ2n) is 10.8. The number of hydrogen-bond acceptors (Lipinski definition) is 4. The van der Waals surface area contributed by atoms with Gasteiger partial charge in [-0.25, -0.2) is 4.79 Å². The molecule has 228 valence electrons. The maximum Gasteiger partial charge on any atom is 0.573 e. The molecule has 0 radical (unpaired) electrons. The Bertz CT molecular complexity index is 1580. The Morgan fingerprint density at radius 1 is 1.05 bits per heavy atom. The Morgan fingerprint density at radius 2 is 1.70 bits per heavy atom. The van der Waals surface area contributed by atoms with Crippen LogP contribution in [0.5, 0.6) is 11.5 Å². The molecule has 0 amide bonds. The van der Waals surface area contributed by atoms with Gasteiger partial charge in [0, 0.05) is 35.5 Å². The van der Waals surface area contributed by atoms with Gasteiger partial charge >= 0.3 is 12.3 Å². The number of aromatic nitrogens is 1. The van der Waals surface area contributed by atoms with E-state index in [0.717, 1.165) is 34.2 Å². The Labute approximate surface area is 249 Å². The first-order chi connectivity index (χ1) is 20.1.